The van der Waals surface area contributed by atoms with Gasteiger partial charge in [-0.3, -0.25) is 4.79 Å². The van der Waals surface area contributed by atoms with Gasteiger partial charge in [-0.2, -0.15) is 0 Å². The zero-order valence-electron chi connectivity index (χ0n) is 18.5. The highest BCUT2D eigenvalue weighted by Gasteiger charge is 2.30. The fourth-order valence-electron chi connectivity index (χ4n) is 4.43. The SMILES string of the molecule is CCCNC(C)c1ccc(NC2=CC=C(c3ccc4c(c3)CNC4=O)N3C=CNC23)cc1. The second-order valence-corrected chi connectivity index (χ2v) is 8.44. The Bertz CT molecular complexity index is 1120. The van der Waals surface area contributed by atoms with Gasteiger partial charge in [0.25, 0.3) is 5.91 Å². The summed E-state index contributed by atoms with van der Waals surface area (Å²) in [6.07, 6.45) is 9.44. The van der Waals surface area contributed by atoms with Gasteiger partial charge in [0.1, 0.15) is 6.17 Å². The monoisotopic (exact) mass is 427 g/mol. The summed E-state index contributed by atoms with van der Waals surface area (Å²) in [5.41, 5.74) is 7.48. The maximum atomic E-state index is 11.9. The molecule has 6 nitrogen and oxygen atoms in total. The molecule has 2 aromatic carbocycles. The van der Waals surface area contributed by atoms with Gasteiger partial charge in [-0.1, -0.05) is 25.1 Å². The number of carbonyl (C=O) groups excluding carboxylic acids is 1. The lowest BCUT2D eigenvalue weighted by atomic mass is 10.0. The summed E-state index contributed by atoms with van der Waals surface area (Å²) < 4.78 is 0. The number of fused-ring (bicyclic) bond motifs is 2. The van der Waals surface area contributed by atoms with Crippen molar-refractivity contribution in [3.05, 3.63) is 95.0 Å². The van der Waals surface area contributed by atoms with Crippen LogP contribution in [0.5, 0.6) is 0 Å². The largest absolute Gasteiger partial charge is 0.365 e. The van der Waals surface area contributed by atoms with Crippen molar-refractivity contribution in [3.8, 4) is 0 Å². The second kappa shape index (κ2) is 8.55. The molecule has 0 spiro atoms. The Morgan fingerprint density at radius 3 is 2.81 bits per heavy atom. The number of benzene rings is 2. The van der Waals surface area contributed by atoms with Crippen LogP contribution in [0.1, 0.15) is 53.4 Å². The van der Waals surface area contributed by atoms with Crippen molar-refractivity contribution in [2.75, 3.05) is 11.9 Å². The predicted molar refractivity (Wildman–Crippen MR) is 128 cm³/mol. The summed E-state index contributed by atoms with van der Waals surface area (Å²) in [7, 11) is 0. The van der Waals surface area contributed by atoms with E-state index in [0.29, 0.717) is 12.6 Å². The maximum Gasteiger partial charge on any atom is 0.251 e. The third kappa shape index (κ3) is 3.78. The highest BCUT2D eigenvalue weighted by molar-refractivity contribution is 5.98. The Morgan fingerprint density at radius 1 is 1.16 bits per heavy atom. The smallest absolute Gasteiger partial charge is 0.251 e. The number of hydrogen-bond acceptors (Lipinski definition) is 5. The van der Waals surface area contributed by atoms with Crippen molar-refractivity contribution in [2.45, 2.75) is 39.0 Å². The number of allylic oxidation sites excluding steroid dienone is 2. The number of hydrogen-bond donors (Lipinski definition) is 4. The number of carbonyl (C=O) groups is 1. The molecule has 0 aliphatic carbocycles. The minimum Gasteiger partial charge on any atom is -0.365 e. The van der Waals surface area contributed by atoms with Crippen molar-refractivity contribution in [1.82, 2.24) is 20.9 Å². The Morgan fingerprint density at radius 2 is 2.00 bits per heavy atom. The van der Waals surface area contributed by atoms with E-state index in [-0.39, 0.29) is 12.1 Å². The summed E-state index contributed by atoms with van der Waals surface area (Å²) >= 11 is 0. The fourth-order valence-corrected chi connectivity index (χ4v) is 4.43. The number of nitrogens with zero attached hydrogens (tertiary/aromatic N) is 1. The summed E-state index contributed by atoms with van der Waals surface area (Å²) in [6.45, 7) is 6.00. The van der Waals surface area contributed by atoms with E-state index < -0.39 is 0 Å². The van der Waals surface area contributed by atoms with Crippen molar-refractivity contribution in [1.29, 1.82) is 0 Å². The molecule has 0 bridgehead atoms. The molecule has 3 aliphatic rings. The average molecular weight is 428 g/mol. The molecule has 3 heterocycles. The van der Waals surface area contributed by atoms with Gasteiger partial charge < -0.3 is 26.2 Å². The van der Waals surface area contributed by atoms with Gasteiger partial charge in [0, 0.05) is 36.2 Å². The minimum atomic E-state index is 0.00725. The van der Waals surface area contributed by atoms with E-state index in [1.165, 1.54) is 5.56 Å². The first-order valence-electron chi connectivity index (χ1n) is 11.3. The van der Waals surface area contributed by atoms with Crippen LogP contribution in [-0.2, 0) is 6.54 Å². The van der Waals surface area contributed by atoms with Crippen LogP contribution in [0.3, 0.4) is 0 Å². The van der Waals surface area contributed by atoms with Gasteiger partial charge in [-0.25, -0.2) is 0 Å². The summed E-state index contributed by atoms with van der Waals surface area (Å²) in [4.78, 5) is 14.1. The number of amides is 1. The van der Waals surface area contributed by atoms with Crippen LogP contribution in [0.4, 0.5) is 5.69 Å². The van der Waals surface area contributed by atoms with Crippen molar-refractivity contribution in [2.24, 2.45) is 0 Å². The standard InChI is InChI=1S/C26H29N5O/c1-3-12-27-17(2)18-4-7-21(8-5-18)30-23-10-11-24(31-14-13-28-25(23)31)19-6-9-22-20(15-19)16-29-26(22)32/h4-11,13-15,17,25,27-28,30H,3,12,16H2,1-2H3,(H,29,32). The molecule has 4 N–H and O–H groups in total. The highest BCUT2D eigenvalue weighted by atomic mass is 16.1. The van der Waals surface area contributed by atoms with E-state index >= 15 is 0 Å². The van der Waals surface area contributed by atoms with E-state index in [9.17, 15) is 4.79 Å². The Hall–Kier alpha value is -3.51. The van der Waals surface area contributed by atoms with Crippen LogP contribution in [0.2, 0.25) is 0 Å². The minimum absolute atomic E-state index is 0.00725. The zero-order valence-corrected chi connectivity index (χ0v) is 18.5. The van der Waals surface area contributed by atoms with Gasteiger partial charge >= 0.3 is 0 Å². The Kier molecular flexibility index (Phi) is 5.45. The van der Waals surface area contributed by atoms with Crippen molar-refractivity contribution in [3.63, 3.8) is 0 Å². The molecule has 1 amide bonds. The normalized spacial score (nSPS) is 19.5. The first-order valence-corrected chi connectivity index (χ1v) is 11.3. The maximum absolute atomic E-state index is 11.9. The molecule has 164 valence electrons. The molecule has 6 heteroatoms. The third-order valence-corrected chi connectivity index (χ3v) is 6.25. The van der Waals surface area contributed by atoms with Crippen LogP contribution >= 0.6 is 0 Å². The molecular formula is C26H29N5O. The lowest BCUT2D eigenvalue weighted by molar-refractivity contribution is 0.0965. The molecule has 0 saturated heterocycles. The molecular weight excluding hydrogens is 398 g/mol. The molecule has 3 aliphatic heterocycles. The van der Waals surface area contributed by atoms with Gasteiger partial charge in [0.05, 0.1) is 11.4 Å². The lowest BCUT2D eigenvalue weighted by Crippen LogP contribution is -2.40. The molecule has 0 fully saturated rings. The van der Waals surface area contributed by atoms with E-state index in [0.717, 1.165) is 46.7 Å². The first-order chi connectivity index (χ1) is 15.6. The van der Waals surface area contributed by atoms with E-state index in [2.05, 4.69) is 88.7 Å². The number of rotatable bonds is 7. The molecule has 2 aromatic rings. The first kappa shape index (κ1) is 20.4. The lowest BCUT2D eigenvalue weighted by Gasteiger charge is -2.33. The molecule has 0 saturated carbocycles. The van der Waals surface area contributed by atoms with Crippen LogP contribution in [0.15, 0.2) is 72.7 Å². The van der Waals surface area contributed by atoms with Crippen molar-refractivity contribution >= 4 is 17.3 Å². The average Bonchev–Trinajstić information content (AvgIpc) is 3.45. The highest BCUT2D eigenvalue weighted by Crippen LogP contribution is 2.33. The van der Waals surface area contributed by atoms with Crippen LogP contribution in [0, 0.1) is 0 Å². The third-order valence-electron chi connectivity index (χ3n) is 6.25. The van der Waals surface area contributed by atoms with Crippen molar-refractivity contribution < 1.29 is 4.79 Å². The molecule has 0 radical (unpaired) electrons. The fraction of sp³-hybridized carbons (Fsp3) is 0.269. The second-order valence-electron chi connectivity index (χ2n) is 8.44. The summed E-state index contributed by atoms with van der Waals surface area (Å²) in [5.74, 6) is 0.0118. The molecule has 2 atom stereocenters. The topological polar surface area (TPSA) is 68.4 Å². The number of nitrogens with one attached hydrogen (secondary N) is 4. The van der Waals surface area contributed by atoms with Crippen LogP contribution in [-0.4, -0.2) is 23.5 Å². The van der Waals surface area contributed by atoms with Gasteiger partial charge in [-0.05, 0) is 73.0 Å². The number of anilines is 1. The predicted octanol–water partition coefficient (Wildman–Crippen LogP) is 4.04. The van der Waals surface area contributed by atoms with Crippen LogP contribution < -0.4 is 21.3 Å². The quantitative estimate of drug-likeness (QED) is 0.537. The van der Waals surface area contributed by atoms with Crippen LogP contribution in [0.25, 0.3) is 5.70 Å². The van der Waals surface area contributed by atoms with E-state index in [4.69, 9.17) is 0 Å². The van der Waals surface area contributed by atoms with Gasteiger partial charge in [0.15, 0.2) is 0 Å². The summed E-state index contributed by atoms with van der Waals surface area (Å²) in [5, 5.41) is 13.4. The van der Waals surface area contributed by atoms with Gasteiger partial charge in [0.2, 0.25) is 0 Å². The van der Waals surface area contributed by atoms with Gasteiger partial charge in [-0.15, -0.1) is 0 Å². The molecule has 32 heavy (non-hydrogen) atoms. The Balaban J connectivity index is 1.35. The summed E-state index contributed by atoms with van der Waals surface area (Å²) in [6, 6.07) is 15.0. The molecule has 0 aromatic heterocycles. The van der Waals surface area contributed by atoms with E-state index in [1.807, 2.05) is 18.3 Å². The molecule has 5 rings (SSSR count). The van der Waals surface area contributed by atoms with E-state index in [1.54, 1.807) is 0 Å². The Labute approximate surface area is 189 Å². The zero-order chi connectivity index (χ0) is 22.1. The molecule has 2 unspecified atom stereocenters.